The molecule has 8 heteroatoms. The molecule has 2 aromatic carbocycles. The van der Waals surface area contributed by atoms with Crippen molar-refractivity contribution in [1.82, 2.24) is 25.2 Å². The van der Waals surface area contributed by atoms with Crippen LogP contribution in [0.25, 0.3) is 10.8 Å². The molecule has 0 fully saturated rings. The summed E-state index contributed by atoms with van der Waals surface area (Å²) in [5.41, 5.74) is 0.833. The van der Waals surface area contributed by atoms with Crippen LogP contribution in [-0.4, -0.2) is 25.8 Å². The molecule has 146 valence electrons. The van der Waals surface area contributed by atoms with E-state index in [1.54, 1.807) is 38.1 Å². The Morgan fingerprint density at radius 2 is 1.79 bits per heavy atom. The van der Waals surface area contributed by atoms with E-state index in [2.05, 4.69) is 20.6 Å². The molecule has 1 atom stereocenters. The summed E-state index contributed by atoms with van der Waals surface area (Å²) in [6.07, 6.45) is 0. The van der Waals surface area contributed by atoms with Crippen LogP contribution in [0, 0.1) is 6.92 Å². The standard InChI is InChI=1S/C21H19N5O3/c1-13(20-23-14(2)25-29-20)22-19(27)18-16-10-6-7-11-17(16)21(28)26(24-18)12-15-8-4-3-5-9-15/h3-11,13H,12H2,1-2H3,(H,22,27). The minimum Gasteiger partial charge on any atom is -0.339 e. The second-order valence-corrected chi connectivity index (χ2v) is 6.72. The number of aromatic nitrogens is 4. The number of aryl methyl sites for hydroxylation is 1. The predicted octanol–water partition coefficient (Wildman–Crippen LogP) is 2.63. The number of benzene rings is 2. The SMILES string of the molecule is Cc1noc(C(C)NC(=O)c2nn(Cc3ccccc3)c(=O)c3ccccc23)n1. The van der Waals surface area contributed by atoms with Gasteiger partial charge in [0.1, 0.15) is 6.04 Å². The Morgan fingerprint density at radius 1 is 1.10 bits per heavy atom. The van der Waals surface area contributed by atoms with Crippen LogP contribution in [0.5, 0.6) is 0 Å². The van der Waals surface area contributed by atoms with Gasteiger partial charge in [-0.05, 0) is 25.5 Å². The van der Waals surface area contributed by atoms with Gasteiger partial charge in [-0.3, -0.25) is 9.59 Å². The van der Waals surface area contributed by atoms with Crippen molar-refractivity contribution in [2.75, 3.05) is 0 Å². The molecule has 0 aliphatic rings. The lowest BCUT2D eigenvalue weighted by atomic mass is 10.1. The van der Waals surface area contributed by atoms with Gasteiger partial charge in [-0.2, -0.15) is 10.1 Å². The third-order valence-corrected chi connectivity index (χ3v) is 4.52. The van der Waals surface area contributed by atoms with E-state index in [0.717, 1.165) is 5.56 Å². The van der Waals surface area contributed by atoms with E-state index in [1.807, 2.05) is 30.3 Å². The first-order valence-electron chi connectivity index (χ1n) is 9.18. The first kappa shape index (κ1) is 18.5. The van der Waals surface area contributed by atoms with Gasteiger partial charge >= 0.3 is 0 Å². The van der Waals surface area contributed by atoms with Crippen molar-refractivity contribution >= 4 is 16.7 Å². The maximum Gasteiger partial charge on any atom is 0.274 e. The van der Waals surface area contributed by atoms with Crippen LogP contribution in [0.1, 0.15) is 40.7 Å². The fourth-order valence-corrected chi connectivity index (χ4v) is 3.08. The number of carbonyl (C=O) groups excluding carboxylic acids is 1. The highest BCUT2D eigenvalue weighted by Gasteiger charge is 2.21. The molecule has 0 aliphatic carbocycles. The van der Waals surface area contributed by atoms with Gasteiger partial charge in [0.2, 0.25) is 5.89 Å². The lowest BCUT2D eigenvalue weighted by molar-refractivity contribution is 0.0927. The predicted molar refractivity (Wildman–Crippen MR) is 106 cm³/mol. The van der Waals surface area contributed by atoms with Gasteiger partial charge in [-0.15, -0.1) is 0 Å². The molecule has 2 heterocycles. The van der Waals surface area contributed by atoms with E-state index in [4.69, 9.17) is 4.52 Å². The zero-order valence-corrected chi connectivity index (χ0v) is 16.0. The van der Waals surface area contributed by atoms with Gasteiger partial charge in [0.15, 0.2) is 11.5 Å². The van der Waals surface area contributed by atoms with Gasteiger partial charge in [0, 0.05) is 5.39 Å². The molecule has 4 rings (SSSR count). The van der Waals surface area contributed by atoms with Gasteiger partial charge in [-0.25, -0.2) is 4.68 Å². The van der Waals surface area contributed by atoms with E-state index < -0.39 is 11.9 Å². The van der Waals surface area contributed by atoms with E-state index in [9.17, 15) is 9.59 Å². The second kappa shape index (κ2) is 7.67. The number of rotatable bonds is 5. The van der Waals surface area contributed by atoms with E-state index in [-0.39, 0.29) is 17.8 Å². The smallest absolute Gasteiger partial charge is 0.274 e. The minimum atomic E-state index is -0.501. The fourth-order valence-electron chi connectivity index (χ4n) is 3.08. The topological polar surface area (TPSA) is 103 Å². The van der Waals surface area contributed by atoms with Crippen molar-refractivity contribution in [2.45, 2.75) is 26.4 Å². The maximum atomic E-state index is 13.0. The molecule has 4 aromatic rings. The number of hydrogen-bond acceptors (Lipinski definition) is 6. The molecule has 2 aromatic heterocycles. The normalized spacial score (nSPS) is 12.1. The molecule has 0 saturated carbocycles. The Hall–Kier alpha value is -3.81. The number of amides is 1. The molecule has 1 unspecified atom stereocenters. The monoisotopic (exact) mass is 389 g/mol. The molecule has 0 saturated heterocycles. The van der Waals surface area contributed by atoms with Crippen molar-refractivity contribution in [1.29, 1.82) is 0 Å². The number of nitrogens with one attached hydrogen (secondary N) is 1. The minimum absolute atomic E-state index is 0.166. The van der Waals surface area contributed by atoms with Crippen molar-refractivity contribution in [3.8, 4) is 0 Å². The summed E-state index contributed by atoms with van der Waals surface area (Å²) in [5.74, 6) is 0.366. The van der Waals surface area contributed by atoms with Gasteiger partial charge in [0.05, 0.1) is 11.9 Å². The highest BCUT2D eigenvalue weighted by atomic mass is 16.5. The Bertz CT molecular complexity index is 1230. The number of carbonyl (C=O) groups is 1. The van der Waals surface area contributed by atoms with E-state index in [1.165, 1.54) is 4.68 Å². The highest BCUT2D eigenvalue weighted by molar-refractivity contribution is 6.04. The third kappa shape index (κ3) is 3.77. The number of hydrogen-bond donors (Lipinski definition) is 1. The molecule has 0 radical (unpaired) electrons. The second-order valence-electron chi connectivity index (χ2n) is 6.72. The molecule has 0 bridgehead atoms. The number of nitrogens with zero attached hydrogens (tertiary/aromatic N) is 4. The maximum absolute atomic E-state index is 13.0. The van der Waals surface area contributed by atoms with Crippen molar-refractivity contribution in [3.63, 3.8) is 0 Å². The highest BCUT2D eigenvalue weighted by Crippen LogP contribution is 2.16. The molecule has 29 heavy (non-hydrogen) atoms. The van der Waals surface area contributed by atoms with Crippen LogP contribution in [0.4, 0.5) is 0 Å². The van der Waals surface area contributed by atoms with Crippen LogP contribution in [-0.2, 0) is 6.54 Å². The summed E-state index contributed by atoms with van der Waals surface area (Å²) in [6, 6.07) is 15.9. The van der Waals surface area contributed by atoms with Crippen LogP contribution in [0.3, 0.4) is 0 Å². The van der Waals surface area contributed by atoms with Crippen LogP contribution in [0.15, 0.2) is 63.9 Å². The van der Waals surface area contributed by atoms with Crippen molar-refractivity contribution < 1.29 is 9.32 Å². The Balaban J connectivity index is 1.73. The molecular formula is C21H19N5O3. The van der Waals surface area contributed by atoms with E-state index in [0.29, 0.717) is 22.5 Å². The Kier molecular flexibility index (Phi) is 4.90. The van der Waals surface area contributed by atoms with Crippen LogP contribution >= 0.6 is 0 Å². The first-order valence-corrected chi connectivity index (χ1v) is 9.18. The molecule has 0 spiro atoms. The van der Waals surface area contributed by atoms with Gasteiger partial charge in [-0.1, -0.05) is 53.7 Å². The molecule has 1 amide bonds. The molecule has 0 aliphatic heterocycles. The average Bonchev–Trinajstić information content (AvgIpc) is 3.17. The van der Waals surface area contributed by atoms with Gasteiger partial charge < -0.3 is 9.84 Å². The van der Waals surface area contributed by atoms with E-state index >= 15 is 0 Å². The summed E-state index contributed by atoms with van der Waals surface area (Å²) in [7, 11) is 0. The number of fused-ring (bicyclic) bond motifs is 1. The summed E-state index contributed by atoms with van der Waals surface area (Å²) in [6.45, 7) is 3.71. The Labute approximate surface area is 166 Å². The summed E-state index contributed by atoms with van der Waals surface area (Å²) < 4.78 is 6.43. The van der Waals surface area contributed by atoms with Crippen molar-refractivity contribution in [2.24, 2.45) is 0 Å². The van der Waals surface area contributed by atoms with Crippen LogP contribution < -0.4 is 10.9 Å². The first-order chi connectivity index (χ1) is 14.0. The van der Waals surface area contributed by atoms with Crippen molar-refractivity contribution in [3.05, 3.63) is 87.9 Å². The van der Waals surface area contributed by atoms with Gasteiger partial charge in [0.25, 0.3) is 11.5 Å². The summed E-state index contributed by atoms with van der Waals surface area (Å²) in [5, 5.41) is 11.9. The average molecular weight is 389 g/mol. The quantitative estimate of drug-likeness (QED) is 0.563. The lowest BCUT2D eigenvalue weighted by Gasteiger charge is -2.13. The molecular weight excluding hydrogens is 370 g/mol. The zero-order chi connectivity index (χ0) is 20.4. The molecule has 1 N–H and O–H groups in total. The third-order valence-electron chi connectivity index (χ3n) is 4.52. The summed E-state index contributed by atoms with van der Waals surface area (Å²) >= 11 is 0. The fraction of sp³-hybridized carbons (Fsp3) is 0.190. The summed E-state index contributed by atoms with van der Waals surface area (Å²) in [4.78, 5) is 30.0. The van der Waals surface area contributed by atoms with Crippen LogP contribution in [0.2, 0.25) is 0 Å². The zero-order valence-electron chi connectivity index (χ0n) is 16.0. The Morgan fingerprint density at radius 3 is 2.48 bits per heavy atom. The largest absolute Gasteiger partial charge is 0.339 e. The lowest BCUT2D eigenvalue weighted by Crippen LogP contribution is -2.32. The molecule has 8 nitrogen and oxygen atoms in total.